The third-order valence-electron chi connectivity index (χ3n) is 8.23. The van der Waals surface area contributed by atoms with Crippen LogP contribution in [0.2, 0.25) is 0 Å². The number of hydrogen-bond donors (Lipinski definition) is 2. The van der Waals surface area contributed by atoms with Crippen LogP contribution in [-0.4, -0.2) is 32.2 Å². The standard InChI is InChI=1S/C22H29N3O4S/c23-19(26)21-11-14-9-15(12-21)18(16(10-14)13-21)24-20(27)22(7-4-8-22)25(30(28)29)17-5-2-1-3-6-17/h1-3,5-6,14-16,18H,4,7-13H2,(H2,23,26)(H,24,27)(H,28,29)/p-1. The maximum Gasteiger partial charge on any atom is 0.247 e. The Morgan fingerprint density at radius 2 is 1.73 bits per heavy atom. The number of nitrogens with zero attached hydrogens (tertiary/aromatic N) is 1. The van der Waals surface area contributed by atoms with Crippen LogP contribution in [0.4, 0.5) is 5.69 Å². The van der Waals surface area contributed by atoms with Gasteiger partial charge in [0.05, 0.1) is 0 Å². The van der Waals surface area contributed by atoms with E-state index in [4.69, 9.17) is 5.73 Å². The first-order valence-electron chi connectivity index (χ1n) is 10.9. The van der Waals surface area contributed by atoms with E-state index in [2.05, 4.69) is 5.32 Å². The van der Waals surface area contributed by atoms with E-state index in [0.717, 1.165) is 38.5 Å². The number of para-hydroxylation sites is 1. The molecule has 5 fully saturated rings. The Morgan fingerprint density at radius 3 is 2.23 bits per heavy atom. The van der Waals surface area contributed by atoms with Crippen LogP contribution in [0.15, 0.2) is 30.3 Å². The molecule has 7 nitrogen and oxygen atoms in total. The summed E-state index contributed by atoms with van der Waals surface area (Å²) in [5, 5.41) is 3.26. The van der Waals surface area contributed by atoms with Crippen LogP contribution >= 0.6 is 0 Å². The molecule has 0 aliphatic heterocycles. The van der Waals surface area contributed by atoms with Crippen molar-refractivity contribution in [2.24, 2.45) is 28.9 Å². The monoisotopic (exact) mass is 430 g/mol. The van der Waals surface area contributed by atoms with Gasteiger partial charge in [-0.15, -0.1) is 0 Å². The van der Waals surface area contributed by atoms with Crippen molar-refractivity contribution >= 4 is 28.8 Å². The van der Waals surface area contributed by atoms with Crippen molar-refractivity contribution in [2.75, 3.05) is 4.31 Å². The smallest absolute Gasteiger partial charge is 0.247 e. The zero-order valence-corrected chi connectivity index (χ0v) is 17.7. The molecule has 30 heavy (non-hydrogen) atoms. The SMILES string of the molecule is NC(=O)C12CC3CC(C1)C(NC(=O)C1(N(c4ccccc4)S(=O)[O-])CCC1)C(C3)C2. The van der Waals surface area contributed by atoms with Crippen molar-refractivity contribution in [3.8, 4) is 0 Å². The summed E-state index contributed by atoms with van der Waals surface area (Å²) < 4.78 is 25.6. The lowest BCUT2D eigenvalue weighted by Crippen LogP contribution is -2.68. The van der Waals surface area contributed by atoms with Crippen LogP contribution in [0, 0.1) is 23.2 Å². The zero-order valence-electron chi connectivity index (χ0n) is 16.9. The lowest BCUT2D eigenvalue weighted by Gasteiger charge is -2.59. The average molecular weight is 431 g/mol. The second kappa shape index (κ2) is 7.05. The molecule has 5 aliphatic rings. The lowest BCUT2D eigenvalue weighted by molar-refractivity contribution is -0.148. The van der Waals surface area contributed by atoms with Crippen molar-refractivity contribution in [1.29, 1.82) is 0 Å². The summed E-state index contributed by atoms with van der Waals surface area (Å²) >= 11 is -2.56. The number of anilines is 1. The second-order valence-corrected chi connectivity index (χ2v) is 10.6. The molecule has 3 atom stereocenters. The third kappa shape index (κ3) is 2.91. The van der Waals surface area contributed by atoms with Gasteiger partial charge in [0.15, 0.2) is 0 Å². The summed E-state index contributed by atoms with van der Waals surface area (Å²) in [6, 6.07) is 8.83. The quantitative estimate of drug-likeness (QED) is 0.672. The topological polar surface area (TPSA) is 116 Å². The fraction of sp³-hybridized carbons (Fsp3) is 0.636. The van der Waals surface area contributed by atoms with E-state index in [0.29, 0.717) is 24.4 Å². The zero-order chi connectivity index (χ0) is 21.1. The number of carbonyl (C=O) groups is 2. The van der Waals surface area contributed by atoms with Gasteiger partial charge in [-0.25, -0.2) is 0 Å². The van der Waals surface area contributed by atoms with E-state index in [1.807, 2.05) is 6.07 Å². The average Bonchev–Trinajstić information content (AvgIpc) is 2.67. The molecule has 8 heteroatoms. The summed E-state index contributed by atoms with van der Waals surface area (Å²) in [6.07, 6.45) is 6.23. The fourth-order valence-electron chi connectivity index (χ4n) is 6.92. The normalized spacial score (nSPS) is 36.6. The molecule has 0 saturated heterocycles. The molecule has 3 unspecified atom stereocenters. The van der Waals surface area contributed by atoms with Crippen LogP contribution < -0.4 is 15.4 Å². The van der Waals surface area contributed by atoms with E-state index in [-0.39, 0.29) is 29.7 Å². The Kier molecular flexibility index (Phi) is 4.70. The summed E-state index contributed by atoms with van der Waals surface area (Å²) in [4.78, 5) is 25.7. The molecule has 0 heterocycles. The maximum absolute atomic E-state index is 13.6. The number of benzene rings is 1. The molecule has 3 N–H and O–H groups in total. The van der Waals surface area contributed by atoms with Gasteiger partial charge in [-0.05, 0) is 81.3 Å². The first-order chi connectivity index (χ1) is 14.3. The molecule has 0 aromatic heterocycles. The van der Waals surface area contributed by atoms with Gasteiger partial charge in [0.2, 0.25) is 11.8 Å². The van der Waals surface area contributed by atoms with E-state index in [1.54, 1.807) is 24.3 Å². The van der Waals surface area contributed by atoms with Gasteiger partial charge < -0.3 is 15.6 Å². The van der Waals surface area contributed by atoms with E-state index in [1.165, 1.54) is 4.31 Å². The Balaban J connectivity index is 1.40. The highest BCUT2D eigenvalue weighted by Gasteiger charge is 2.59. The second-order valence-electron chi connectivity index (χ2n) is 9.85. The molecular weight excluding hydrogens is 402 g/mol. The Bertz CT molecular complexity index is 872. The summed E-state index contributed by atoms with van der Waals surface area (Å²) in [7, 11) is 0. The van der Waals surface area contributed by atoms with Crippen molar-refractivity contribution in [3.63, 3.8) is 0 Å². The minimum atomic E-state index is -2.56. The van der Waals surface area contributed by atoms with Crippen LogP contribution in [0.1, 0.15) is 51.4 Å². The molecule has 4 bridgehead atoms. The summed E-state index contributed by atoms with van der Waals surface area (Å²) in [5.41, 5.74) is 4.82. The van der Waals surface area contributed by atoms with Crippen LogP contribution in [0.3, 0.4) is 0 Å². The summed E-state index contributed by atoms with van der Waals surface area (Å²) in [5.74, 6) is 0.600. The number of primary amides is 1. The number of nitrogens with two attached hydrogens (primary N) is 1. The molecule has 5 saturated carbocycles. The predicted molar refractivity (Wildman–Crippen MR) is 112 cm³/mol. The molecule has 0 spiro atoms. The van der Waals surface area contributed by atoms with Gasteiger partial charge in [0.1, 0.15) is 5.54 Å². The van der Waals surface area contributed by atoms with Crippen molar-refractivity contribution in [2.45, 2.75) is 62.9 Å². The Morgan fingerprint density at radius 1 is 1.10 bits per heavy atom. The number of hydrogen-bond acceptors (Lipinski definition) is 4. The highest BCUT2D eigenvalue weighted by Crippen LogP contribution is 2.60. The highest BCUT2D eigenvalue weighted by atomic mass is 32.2. The number of nitrogens with one attached hydrogen (secondary N) is 1. The fourth-order valence-corrected chi connectivity index (χ4v) is 7.77. The van der Waals surface area contributed by atoms with E-state index < -0.39 is 22.2 Å². The molecule has 2 amide bonds. The molecule has 162 valence electrons. The highest BCUT2D eigenvalue weighted by molar-refractivity contribution is 7.80. The van der Waals surface area contributed by atoms with Gasteiger partial charge in [0.25, 0.3) is 0 Å². The minimum Gasteiger partial charge on any atom is -0.755 e. The molecule has 1 aromatic carbocycles. The maximum atomic E-state index is 13.6. The third-order valence-corrected chi connectivity index (χ3v) is 9.08. The predicted octanol–water partition coefficient (Wildman–Crippen LogP) is 2.01. The summed E-state index contributed by atoms with van der Waals surface area (Å²) in [6.45, 7) is 0. The van der Waals surface area contributed by atoms with Crippen LogP contribution in [0.5, 0.6) is 0 Å². The van der Waals surface area contributed by atoms with E-state index >= 15 is 0 Å². The molecule has 0 radical (unpaired) electrons. The molecule has 5 aliphatic carbocycles. The van der Waals surface area contributed by atoms with Gasteiger partial charge in [0, 0.05) is 28.4 Å². The lowest BCUT2D eigenvalue weighted by atomic mass is 9.47. The van der Waals surface area contributed by atoms with Crippen LogP contribution in [-0.2, 0) is 20.9 Å². The van der Waals surface area contributed by atoms with Gasteiger partial charge in [-0.3, -0.25) is 18.1 Å². The Labute approximate surface area is 179 Å². The van der Waals surface area contributed by atoms with E-state index in [9.17, 15) is 18.4 Å². The number of rotatable bonds is 6. The van der Waals surface area contributed by atoms with Crippen LogP contribution in [0.25, 0.3) is 0 Å². The van der Waals surface area contributed by atoms with Crippen molar-refractivity contribution in [3.05, 3.63) is 30.3 Å². The van der Waals surface area contributed by atoms with Gasteiger partial charge in [-0.2, -0.15) is 0 Å². The minimum absolute atomic E-state index is 0.00305. The largest absolute Gasteiger partial charge is 0.755 e. The first-order valence-corrected chi connectivity index (χ1v) is 11.9. The van der Waals surface area contributed by atoms with Gasteiger partial charge in [-0.1, -0.05) is 18.2 Å². The molecule has 6 rings (SSSR count). The number of amides is 2. The molecular formula is C22H28N3O4S-. The number of carbonyl (C=O) groups excluding carboxylic acids is 2. The molecule has 1 aromatic rings. The van der Waals surface area contributed by atoms with Crippen molar-refractivity contribution < 1.29 is 18.4 Å². The first kappa shape index (κ1) is 20.0. The Hall–Kier alpha value is -1.93. The van der Waals surface area contributed by atoms with Gasteiger partial charge >= 0.3 is 0 Å². The van der Waals surface area contributed by atoms with Crippen molar-refractivity contribution in [1.82, 2.24) is 5.32 Å².